The Hall–Kier alpha value is -5.48. The number of carbonyl (C=O) groups is 2. The quantitative estimate of drug-likeness (QED) is 0.219. The van der Waals surface area contributed by atoms with Crippen molar-refractivity contribution < 1.29 is 27.5 Å². The zero-order chi connectivity index (χ0) is 40.4. The minimum absolute atomic E-state index is 0.0381. The lowest BCUT2D eigenvalue weighted by molar-refractivity contribution is -0.136. The lowest BCUT2D eigenvalue weighted by atomic mass is 9.90. The van der Waals surface area contributed by atoms with Gasteiger partial charge in [0.15, 0.2) is 5.82 Å². The van der Waals surface area contributed by atoms with E-state index in [1.165, 1.54) is 25.5 Å². The van der Waals surface area contributed by atoms with Gasteiger partial charge in [0.1, 0.15) is 17.1 Å². The van der Waals surface area contributed by atoms with Gasteiger partial charge in [0, 0.05) is 75.2 Å². The molecule has 3 aliphatic heterocycles. The minimum atomic E-state index is -4.94. The summed E-state index contributed by atoms with van der Waals surface area (Å²) in [6.45, 7) is 14.3. The van der Waals surface area contributed by atoms with Crippen LogP contribution in [-0.2, 0) is 42.1 Å². The molecule has 4 aromatic rings. The number of hydrogen-bond donors (Lipinski definition) is 2. The number of aryl methyl sites for hydroxylation is 1. The molecule has 2 amide bonds. The molecule has 1 aromatic carbocycles. The van der Waals surface area contributed by atoms with Crippen LogP contribution in [0.2, 0.25) is 0 Å². The number of anilines is 5. The lowest BCUT2D eigenvalue weighted by Crippen LogP contribution is -2.59. The zero-order valence-electron chi connectivity index (χ0n) is 32.4. The molecule has 4 aliphatic rings. The van der Waals surface area contributed by atoms with Crippen LogP contribution in [-0.4, -0.2) is 87.3 Å². The Morgan fingerprint density at radius 2 is 1.86 bits per heavy atom. The number of piperazine rings is 1. The molecule has 0 bridgehead atoms. The summed E-state index contributed by atoms with van der Waals surface area (Å²) in [6, 6.07) is 8.75. The van der Waals surface area contributed by atoms with E-state index in [-0.39, 0.29) is 35.1 Å². The van der Waals surface area contributed by atoms with Gasteiger partial charge in [-0.15, -0.1) is 0 Å². The maximum absolute atomic E-state index is 15.2. The largest absolute Gasteiger partial charge is 0.420 e. The Kier molecular flexibility index (Phi) is 9.75. The van der Waals surface area contributed by atoms with Crippen LogP contribution in [0, 0.1) is 5.41 Å². The average molecular weight is 786 g/mol. The molecule has 300 valence electrons. The van der Waals surface area contributed by atoms with Crippen LogP contribution >= 0.6 is 0 Å². The average Bonchev–Trinajstić information content (AvgIpc) is 3.55. The standard InChI is InChI=1S/C41H46F3N9O4/c1-6-34(54)47-29-17-26(8-9-31(29)51-15-14-50(20-24(51)2)27-22-57-23-27)46-36-39(56)49(5)21-30(48-36)28-10-11-45-37(35(28)41(42,43)44)53-13-7-12-52-32(38(53)55)16-25-18-40(3,4)19-33(25)52/h6,8-11,16-17,21,24,27H,1,7,12-15,18-20,22-23H2,2-5H3,(H,46,48)(H,47,54)/t24-/m0/s1. The SMILES string of the molecule is C=CC(=O)Nc1cc(Nc2nc(-c3ccnc(N4CCCn5c(cc6c5CC(C)(C)C6)C4=O)c3C(F)(F)F)cn(C)c2=O)ccc1N1CCN(C2COC2)C[C@@H]1C. The molecule has 0 radical (unpaired) electrons. The van der Waals surface area contributed by atoms with Crippen molar-refractivity contribution in [1.29, 1.82) is 0 Å². The first kappa shape index (κ1) is 38.4. The van der Waals surface area contributed by atoms with Crippen LogP contribution < -0.4 is 26.0 Å². The molecule has 6 heterocycles. The van der Waals surface area contributed by atoms with E-state index in [0.717, 1.165) is 71.6 Å². The van der Waals surface area contributed by atoms with E-state index >= 15 is 13.2 Å². The zero-order valence-corrected chi connectivity index (χ0v) is 32.4. The Morgan fingerprint density at radius 1 is 1.07 bits per heavy atom. The van der Waals surface area contributed by atoms with Crippen molar-refractivity contribution in [2.75, 3.05) is 59.8 Å². The van der Waals surface area contributed by atoms with Crippen molar-refractivity contribution in [3.63, 3.8) is 0 Å². The fraction of sp³-hybridized carbons (Fsp3) is 0.439. The molecule has 16 heteroatoms. The third-order valence-electron chi connectivity index (χ3n) is 11.5. The first-order valence-electron chi connectivity index (χ1n) is 19.2. The number of halogens is 3. The molecule has 57 heavy (non-hydrogen) atoms. The van der Waals surface area contributed by atoms with Crippen LogP contribution in [0.5, 0.6) is 0 Å². The van der Waals surface area contributed by atoms with Gasteiger partial charge in [-0.25, -0.2) is 9.97 Å². The summed E-state index contributed by atoms with van der Waals surface area (Å²) in [6.07, 6.45) is 0.697. The maximum atomic E-state index is 15.2. The molecule has 2 fully saturated rings. The van der Waals surface area contributed by atoms with Gasteiger partial charge in [0.05, 0.1) is 36.3 Å². The lowest BCUT2D eigenvalue weighted by Gasteiger charge is -2.46. The van der Waals surface area contributed by atoms with Gasteiger partial charge in [0.25, 0.3) is 11.5 Å². The summed E-state index contributed by atoms with van der Waals surface area (Å²) in [5.74, 6) is -1.72. The predicted molar refractivity (Wildman–Crippen MR) is 211 cm³/mol. The van der Waals surface area contributed by atoms with Crippen LogP contribution in [0.25, 0.3) is 11.3 Å². The number of amides is 2. The second-order valence-electron chi connectivity index (χ2n) is 16.2. The molecule has 0 unspecified atom stereocenters. The summed E-state index contributed by atoms with van der Waals surface area (Å²) in [5.41, 5.74) is 1.92. The van der Waals surface area contributed by atoms with Crippen LogP contribution in [0.15, 0.2) is 60.2 Å². The summed E-state index contributed by atoms with van der Waals surface area (Å²) in [4.78, 5) is 54.5. The predicted octanol–water partition coefficient (Wildman–Crippen LogP) is 5.62. The number of benzene rings is 1. The second-order valence-corrected chi connectivity index (χ2v) is 16.2. The van der Waals surface area contributed by atoms with Crippen molar-refractivity contribution in [2.24, 2.45) is 12.5 Å². The highest BCUT2D eigenvalue weighted by Crippen LogP contribution is 2.44. The number of carbonyl (C=O) groups excluding carboxylic acids is 2. The summed E-state index contributed by atoms with van der Waals surface area (Å²) in [5, 5.41) is 5.87. The number of nitrogens with zero attached hydrogens (tertiary/aromatic N) is 7. The molecule has 0 spiro atoms. The van der Waals surface area contributed by atoms with Crippen molar-refractivity contribution in [2.45, 2.75) is 64.8 Å². The molecule has 1 aliphatic carbocycles. The number of pyridine rings is 1. The highest BCUT2D eigenvalue weighted by molar-refractivity contribution is 6.06. The first-order chi connectivity index (χ1) is 27.1. The fourth-order valence-electron chi connectivity index (χ4n) is 8.66. The van der Waals surface area contributed by atoms with Gasteiger partial charge in [-0.3, -0.25) is 24.2 Å². The van der Waals surface area contributed by atoms with Crippen molar-refractivity contribution >= 4 is 40.5 Å². The highest BCUT2D eigenvalue weighted by atomic mass is 19.4. The Labute approximate surface area is 328 Å². The minimum Gasteiger partial charge on any atom is -0.378 e. The molecular weight excluding hydrogens is 740 g/mol. The Balaban J connectivity index is 1.13. The second kappa shape index (κ2) is 14.5. The van der Waals surface area contributed by atoms with Gasteiger partial charge in [0.2, 0.25) is 5.91 Å². The molecule has 3 aromatic heterocycles. The Bertz CT molecular complexity index is 2330. The van der Waals surface area contributed by atoms with E-state index in [9.17, 15) is 14.4 Å². The van der Waals surface area contributed by atoms with Gasteiger partial charge < -0.3 is 29.4 Å². The highest BCUT2D eigenvalue weighted by Gasteiger charge is 2.43. The molecule has 2 saturated heterocycles. The molecule has 2 N–H and O–H groups in total. The number of aromatic nitrogens is 4. The van der Waals surface area contributed by atoms with E-state index < -0.39 is 34.9 Å². The van der Waals surface area contributed by atoms with Gasteiger partial charge in [-0.2, -0.15) is 13.2 Å². The third kappa shape index (κ3) is 7.20. The maximum Gasteiger partial charge on any atom is 0.420 e. The van der Waals surface area contributed by atoms with Crippen molar-refractivity contribution in [3.8, 4) is 11.3 Å². The van der Waals surface area contributed by atoms with Gasteiger partial charge >= 0.3 is 6.18 Å². The molecule has 1 atom stereocenters. The summed E-state index contributed by atoms with van der Waals surface area (Å²) in [7, 11) is 1.43. The van der Waals surface area contributed by atoms with Crippen LogP contribution in [0.3, 0.4) is 0 Å². The van der Waals surface area contributed by atoms with Gasteiger partial charge in [-0.05, 0) is 73.6 Å². The number of hydrogen-bond acceptors (Lipinski definition) is 9. The van der Waals surface area contributed by atoms with E-state index in [2.05, 4.69) is 57.8 Å². The van der Waals surface area contributed by atoms with E-state index in [0.29, 0.717) is 42.6 Å². The molecular formula is C41H46F3N9O4. The third-order valence-corrected chi connectivity index (χ3v) is 11.5. The first-order valence-corrected chi connectivity index (χ1v) is 19.2. The summed E-state index contributed by atoms with van der Waals surface area (Å²) < 4.78 is 54.2. The molecule has 0 saturated carbocycles. The number of rotatable bonds is 8. The normalized spacial score (nSPS) is 19.8. The van der Waals surface area contributed by atoms with Gasteiger partial charge in [-0.1, -0.05) is 20.4 Å². The van der Waals surface area contributed by atoms with E-state index in [1.54, 1.807) is 12.1 Å². The topological polar surface area (TPSA) is 130 Å². The molecule has 8 rings (SSSR count). The number of ether oxygens (including phenoxy) is 1. The monoisotopic (exact) mass is 785 g/mol. The fourth-order valence-corrected chi connectivity index (χ4v) is 8.66. The number of fused-ring (bicyclic) bond motifs is 3. The molecule has 13 nitrogen and oxygen atoms in total. The van der Waals surface area contributed by atoms with Crippen molar-refractivity contribution in [1.82, 2.24) is 24.0 Å². The van der Waals surface area contributed by atoms with E-state index in [1.807, 2.05) is 16.7 Å². The van der Waals surface area contributed by atoms with Crippen molar-refractivity contribution in [3.05, 3.63) is 88.2 Å². The summed E-state index contributed by atoms with van der Waals surface area (Å²) >= 11 is 0. The smallest absolute Gasteiger partial charge is 0.378 e. The number of alkyl halides is 3. The Morgan fingerprint density at radius 3 is 2.56 bits per heavy atom. The van der Waals surface area contributed by atoms with Crippen LogP contribution in [0.4, 0.5) is 41.9 Å². The van der Waals surface area contributed by atoms with Crippen LogP contribution in [0.1, 0.15) is 54.5 Å². The number of nitrogens with one attached hydrogen (secondary N) is 2. The van der Waals surface area contributed by atoms with E-state index in [4.69, 9.17) is 4.74 Å².